The molecule has 0 bridgehead atoms. The highest BCUT2D eigenvalue weighted by Gasteiger charge is 2.12. The van der Waals surface area contributed by atoms with Crippen molar-refractivity contribution in [3.8, 4) is 5.75 Å². The number of rotatable bonds is 7. The molecule has 1 fully saturated rings. The Kier molecular flexibility index (Phi) is 6.48. The van der Waals surface area contributed by atoms with Gasteiger partial charge in [0.2, 0.25) is 0 Å². The van der Waals surface area contributed by atoms with Gasteiger partial charge in [0.25, 0.3) is 5.91 Å². The summed E-state index contributed by atoms with van der Waals surface area (Å²) in [7, 11) is 0. The second-order valence-corrected chi connectivity index (χ2v) is 5.31. The first kappa shape index (κ1) is 16.6. The van der Waals surface area contributed by atoms with Gasteiger partial charge in [0.05, 0.1) is 25.5 Å². The van der Waals surface area contributed by atoms with Gasteiger partial charge in [-0.1, -0.05) is 6.92 Å². The summed E-state index contributed by atoms with van der Waals surface area (Å²) in [5, 5.41) is 2.93. The quantitative estimate of drug-likeness (QED) is 0.738. The third-order valence-corrected chi connectivity index (χ3v) is 3.55. The van der Waals surface area contributed by atoms with Crippen molar-refractivity contribution in [2.75, 3.05) is 51.7 Å². The average Bonchev–Trinajstić information content (AvgIpc) is 2.55. The van der Waals surface area contributed by atoms with Crippen LogP contribution in [-0.4, -0.2) is 56.8 Å². The van der Waals surface area contributed by atoms with E-state index in [0.717, 1.165) is 39.3 Å². The summed E-state index contributed by atoms with van der Waals surface area (Å²) in [6, 6.07) is 5.13. The summed E-state index contributed by atoms with van der Waals surface area (Å²) in [5.74, 6) is 0.470. The lowest BCUT2D eigenvalue weighted by atomic mass is 10.1. The number of nitrogens with two attached hydrogens (primary N) is 1. The maximum absolute atomic E-state index is 12.2. The van der Waals surface area contributed by atoms with Gasteiger partial charge in [-0.3, -0.25) is 9.69 Å². The van der Waals surface area contributed by atoms with E-state index < -0.39 is 0 Å². The summed E-state index contributed by atoms with van der Waals surface area (Å²) < 4.78 is 10.8. The predicted molar refractivity (Wildman–Crippen MR) is 86.2 cm³/mol. The molecule has 22 heavy (non-hydrogen) atoms. The van der Waals surface area contributed by atoms with Crippen molar-refractivity contribution in [2.24, 2.45) is 0 Å². The second kappa shape index (κ2) is 8.60. The molecular formula is C16H25N3O3. The number of nitrogen functional groups attached to an aromatic ring is 1. The first-order chi connectivity index (χ1) is 10.7. The maximum Gasteiger partial charge on any atom is 0.251 e. The van der Waals surface area contributed by atoms with Gasteiger partial charge >= 0.3 is 0 Å². The molecule has 1 aromatic carbocycles. The van der Waals surface area contributed by atoms with E-state index >= 15 is 0 Å². The first-order valence-corrected chi connectivity index (χ1v) is 7.81. The topological polar surface area (TPSA) is 76.8 Å². The number of hydrogen-bond donors (Lipinski definition) is 2. The van der Waals surface area contributed by atoms with Crippen molar-refractivity contribution in [2.45, 2.75) is 13.3 Å². The molecule has 6 heteroatoms. The molecule has 0 aromatic heterocycles. The van der Waals surface area contributed by atoms with E-state index in [1.54, 1.807) is 18.2 Å². The number of morpholine rings is 1. The van der Waals surface area contributed by atoms with Crippen LogP contribution in [0, 0.1) is 0 Å². The number of amides is 1. The first-order valence-electron chi connectivity index (χ1n) is 7.81. The monoisotopic (exact) mass is 307 g/mol. The Morgan fingerprint density at radius 2 is 2.18 bits per heavy atom. The number of hydrogen-bond acceptors (Lipinski definition) is 5. The minimum atomic E-state index is -0.102. The lowest BCUT2D eigenvalue weighted by Gasteiger charge is -2.26. The largest absolute Gasteiger partial charge is 0.491 e. The van der Waals surface area contributed by atoms with E-state index in [-0.39, 0.29) is 5.91 Å². The van der Waals surface area contributed by atoms with Crippen LogP contribution in [0.3, 0.4) is 0 Å². The second-order valence-electron chi connectivity index (χ2n) is 5.31. The van der Waals surface area contributed by atoms with Gasteiger partial charge in [-0.05, 0) is 24.6 Å². The van der Waals surface area contributed by atoms with Gasteiger partial charge < -0.3 is 20.5 Å². The lowest BCUT2D eigenvalue weighted by molar-refractivity contribution is 0.0383. The number of nitrogens with one attached hydrogen (secondary N) is 1. The standard InChI is InChI=1S/C16H25N3O3/c1-2-9-22-15-12-13(3-4-14(15)17)16(20)18-5-6-19-7-10-21-11-8-19/h3-4,12H,2,5-11,17H2,1H3,(H,18,20). The average molecular weight is 307 g/mol. The molecule has 6 nitrogen and oxygen atoms in total. The Morgan fingerprint density at radius 3 is 2.91 bits per heavy atom. The van der Waals surface area contributed by atoms with Crippen molar-refractivity contribution < 1.29 is 14.3 Å². The smallest absolute Gasteiger partial charge is 0.251 e. The fraction of sp³-hybridized carbons (Fsp3) is 0.562. The molecule has 0 unspecified atom stereocenters. The SMILES string of the molecule is CCCOc1cc(C(=O)NCCN2CCOCC2)ccc1N. The number of carbonyl (C=O) groups excluding carboxylic acids is 1. The molecule has 0 spiro atoms. The van der Waals surface area contributed by atoms with Crippen LogP contribution in [-0.2, 0) is 4.74 Å². The highest BCUT2D eigenvalue weighted by Crippen LogP contribution is 2.22. The normalized spacial score (nSPS) is 15.5. The molecule has 0 aliphatic carbocycles. The summed E-state index contributed by atoms with van der Waals surface area (Å²) in [6.45, 7) is 7.45. The van der Waals surface area contributed by atoms with Crippen molar-refractivity contribution in [1.29, 1.82) is 0 Å². The number of anilines is 1. The molecular weight excluding hydrogens is 282 g/mol. The van der Waals surface area contributed by atoms with Crippen molar-refractivity contribution in [1.82, 2.24) is 10.2 Å². The van der Waals surface area contributed by atoms with Crippen molar-refractivity contribution in [3.05, 3.63) is 23.8 Å². The predicted octanol–water partition coefficient (Wildman–Crippen LogP) is 1.12. The van der Waals surface area contributed by atoms with Crippen LogP contribution in [0.2, 0.25) is 0 Å². The summed E-state index contributed by atoms with van der Waals surface area (Å²) in [4.78, 5) is 14.5. The number of ether oxygens (including phenoxy) is 2. The number of benzene rings is 1. The van der Waals surface area contributed by atoms with Crippen LogP contribution in [0.15, 0.2) is 18.2 Å². The fourth-order valence-electron chi connectivity index (χ4n) is 2.27. The molecule has 1 aliphatic rings. The molecule has 0 radical (unpaired) electrons. The molecule has 3 N–H and O–H groups in total. The van der Waals surface area contributed by atoms with Crippen molar-refractivity contribution >= 4 is 11.6 Å². The zero-order valence-electron chi connectivity index (χ0n) is 13.1. The number of carbonyl (C=O) groups is 1. The van der Waals surface area contributed by atoms with Gasteiger partial charge in [0.15, 0.2) is 0 Å². The molecule has 1 saturated heterocycles. The Labute approximate surface area is 131 Å². The molecule has 1 aliphatic heterocycles. The van der Waals surface area contributed by atoms with E-state index in [9.17, 15) is 4.79 Å². The highest BCUT2D eigenvalue weighted by molar-refractivity contribution is 5.95. The Hall–Kier alpha value is -1.79. The van der Waals surface area contributed by atoms with Crippen LogP contribution >= 0.6 is 0 Å². The summed E-state index contributed by atoms with van der Waals surface area (Å²) >= 11 is 0. The van der Waals surface area contributed by atoms with Crippen LogP contribution in [0.1, 0.15) is 23.7 Å². The molecule has 1 heterocycles. The third-order valence-electron chi connectivity index (χ3n) is 3.55. The Bertz CT molecular complexity index is 488. The third kappa shape index (κ3) is 4.89. The lowest BCUT2D eigenvalue weighted by Crippen LogP contribution is -2.41. The van der Waals surface area contributed by atoms with Gasteiger partial charge in [-0.25, -0.2) is 0 Å². The molecule has 2 rings (SSSR count). The molecule has 1 amide bonds. The van der Waals surface area contributed by atoms with Gasteiger partial charge in [0, 0.05) is 31.7 Å². The van der Waals surface area contributed by atoms with Crippen LogP contribution < -0.4 is 15.8 Å². The molecule has 0 saturated carbocycles. The van der Waals surface area contributed by atoms with E-state index in [1.165, 1.54) is 0 Å². The highest BCUT2D eigenvalue weighted by atomic mass is 16.5. The maximum atomic E-state index is 12.2. The van der Waals surface area contributed by atoms with Crippen molar-refractivity contribution in [3.63, 3.8) is 0 Å². The number of nitrogens with zero attached hydrogens (tertiary/aromatic N) is 1. The van der Waals surface area contributed by atoms with Gasteiger partial charge in [0.1, 0.15) is 5.75 Å². The van der Waals surface area contributed by atoms with Crippen LogP contribution in [0.4, 0.5) is 5.69 Å². The fourth-order valence-corrected chi connectivity index (χ4v) is 2.27. The Balaban J connectivity index is 1.83. The molecule has 122 valence electrons. The molecule has 1 aromatic rings. The van der Waals surface area contributed by atoms with E-state index in [2.05, 4.69) is 10.2 Å². The van der Waals surface area contributed by atoms with Crippen LogP contribution in [0.25, 0.3) is 0 Å². The Morgan fingerprint density at radius 1 is 1.41 bits per heavy atom. The van der Waals surface area contributed by atoms with Crippen LogP contribution in [0.5, 0.6) is 5.75 Å². The summed E-state index contributed by atoms with van der Waals surface area (Å²) in [6.07, 6.45) is 0.898. The summed E-state index contributed by atoms with van der Waals surface area (Å²) in [5.41, 5.74) is 6.98. The van der Waals surface area contributed by atoms with E-state index in [1.807, 2.05) is 6.92 Å². The van der Waals surface area contributed by atoms with Gasteiger partial charge in [-0.2, -0.15) is 0 Å². The van der Waals surface area contributed by atoms with Gasteiger partial charge in [-0.15, -0.1) is 0 Å². The van der Waals surface area contributed by atoms with E-state index in [4.69, 9.17) is 15.2 Å². The minimum Gasteiger partial charge on any atom is -0.491 e. The minimum absolute atomic E-state index is 0.102. The van der Waals surface area contributed by atoms with E-state index in [0.29, 0.717) is 30.2 Å². The molecule has 0 atom stereocenters. The zero-order valence-corrected chi connectivity index (χ0v) is 13.1. The zero-order chi connectivity index (χ0) is 15.8.